The zero-order valence-corrected chi connectivity index (χ0v) is 17.5. The van der Waals surface area contributed by atoms with Crippen molar-refractivity contribution < 1.29 is 14.3 Å². The highest BCUT2D eigenvalue weighted by atomic mass is 35.5. The van der Waals surface area contributed by atoms with E-state index in [1.165, 1.54) is 6.07 Å². The van der Waals surface area contributed by atoms with Crippen LogP contribution in [0.5, 0.6) is 0 Å². The monoisotopic (exact) mass is 432 g/mol. The number of nitrogens with zero attached hydrogens (tertiary/aromatic N) is 3. The summed E-state index contributed by atoms with van der Waals surface area (Å²) in [7, 11) is 0. The first kappa shape index (κ1) is 20.8. The lowest BCUT2D eigenvalue weighted by molar-refractivity contribution is -0.119. The minimum atomic E-state index is -0.809. The molecule has 2 heterocycles. The van der Waals surface area contributed by atoms with Crippen LogP contribution in [0.15, 0.2) is 36.4 Å². The summed E-state index contributed by atoms with van der Waals surface area (Å²) in [5.41, 5.74) is 2.84. The van der Waals surface area contributed by atoms with Crippen LogP contribution in [0.4, 0.5) is 5.69 Å². The fourth-order valence-corrected chi connectivity index (χ4v) is 3.04. The number of hydrogen-bond donors (Lipinski definition) is 1. The van der Waals surface area contributed by atoms with Crippen LogP contribution in [0.1, 0.15) is 27.4 Å². The molecule has 0 unspecified atom stereocenters. The van der Waals surface area contributed by atoms with Gasteiger partial charge < -0.3 is 10.1 Å². The molecule has 2 aromatic heterocycles. The molecule has 0 saturated heterocycles. The number of hydrogen-bond acceptors (Lipinski definition) is 5. The SMILES string of the molecule is Cc1cc(C)n(-c2ccc(Cl)c(C(=O)OCC(=O)Nc3cccc(Cl)c3C)n2)n1. The van der Waals surface area contributed by atoms with E-state index in [2.05, 4.69) is 15.4 Å². The molecule has 0 bridgehead atoms. The lowest BCUT2D eigenvalue weighted by atomic mass is 10.2. The van der Waals surface area contributed by atoms with Gasteiger partial charge in [0.15, 0.2) is 18.1 Å². The third-order valence-corrected chi connectivity index (χ3v) is 4.84. The van der Waals surface area contributed by atoms with Gasteiger partial charge in [-0.1, -0.05) is 29.3 Å². The van der Waals surface area contributed by atoms with Crippen LogP contribution in [-0.4, -0.2) is 33.2 Å². The Balaban J connectivity index is 1.70. The summed E-state index contributed by atoms with van der Waals surface area (Å²) in [6.45, 7) is 5.01. The molecule has 0 aliphatic heterocycles. The fourth-order valence-electron chi connectivity index (χ4n) is 2.68. The first-order valence-electron chi connectivity index (χ1n) is 8.68. The van der Waals surface area contributed by atoms with Crippen LogP contribution in [0.3, 0.4) is 0 Å². The number of nitrogens with one attached hydrogen (secondary N) is 1. The Kier molecular flexibility index (Phi) is 6.20. The van der Waals surface area contributed by atoms with E-state index in [-0.39, 0.29) is 10.7 Å². The van der Waals surface area contributed by atoms with Gasteiger partial charge in [0.25, 0.3) is 5.91 Å². The van der Waals surface area contributed by atoms with Crippen LogP contribution in [0, 0.1) is 20.8 Å². The van der Waals surface area contributed by atoms with Gasteiger partial charge in [-0.15, -0.1) is 0 Å². The van der Waals surface area contributed by atoms with Gasteiger partial charge in [-0.25, -0.2) is 14.5 Å². The summed E-state index contributed by atoms with van der Waals surface area (Å²) in [5, 5.41) is 7.62. The normalized spacial score (nSPS) is 10.7. The van der Waals surface area contributed by atoms with E-state index >= 15 is 0 Å². The topological polar surface area (TPSA) is 86.1 Å². The molecule has 3 aromatic rings. The van der Waals surface area contributed by atoms with E-state index in [1.54, 1.807) is 35.9 Å². The average Bonchev–Trinajstić information content (AvgIpc) is 3.02. The third kappa shape index (κ3) is 4.75. The van der Waals surface area contributed by atoms with Crippen LogP contribution >= 0.6 is 23.2 Å². The molecule has 0 aliphatic carbocycles. The molecule has 0 aliphatic rings. The van der Waals surface area contributed by atoms with Gasteiger partial charge in [-0.05, 0) is 56.7 Å². The highest BCUT2D eigenvalue weighted by Crippen LogP contribution is 2.23. The van der Waals surface area contributed by atoms with Crippen LogP contribution in [-0.2, 0) is 9.53 Å². The number of esters is 1. The van der Waals surface area contributed by atoms with Crippen molar-refractivity contribution in [1.29, 1.82) is 0 Å². The standard InChI is InChI=1S/C20H18Cl2N4O3/c1-11-9-12(2)26(25-11)17-8-7-15(22)19(24-17)20(28)29-10-18(27)23-16-6-4-5-14(21)13(16)3/h4-9H,10H2,1-3H3,(H,23,27). The van der Waals surface area contributed by atoms with E-state index in [9.17, 15) is 9.59 Å². The number of pyridine rings is 1. The van der Waals surface area contributed by atoms with E-state index in [1.807, 2.05) is 19.9 Å². The first-order chi connectivity index (χ1) is 13.8. The van der Waals surface area contributed by atoms with Crippen molar-refractivity contribution in [3.63, 3.8) is 0 Å². The largest absolute Gasteiger partial charge is 0.451 e. The van der Waals surface area contributed by atoms with Gasteiger partial charge in [0, 0.05) is 16.4 Å². The molecule has 9 heteroatoms. The summed E-state index contributed by atoms with van der Waals surface area (Å²) < 4.78 is 6.67. The second-order valence-corrected chi connectivity index (χ2v) is 7.19. The van der Waals surface area contributed by atoms with Gasteiger partial charge in [0.05, 0.1) is 10.7 Å². The number of anilines is 1. The molecule has 0 spiro atoms. The zero-order valence-electron chi connectivity index (χ0n) is 16.0. The van der Waals surface area contributed by atoms with E-state index < -0.39 is 18.5 Å². The van der Waals surface area contributed by atoms with Crippen molar-refractivity contribution in [3.05, 3.63) is 69.1 Å². The smallest absolute Gasteiger partial charge is 0.359 e. The number of aryl methyl sites for hydroxylation is 2. The molecule has 7 nitrogen and oxygen atoms in total. The number of halogens is 2. The lowest BCUT2D eigenvalue weighted by Gasteiger charge is -2.11. The fraction of sp³-hybridized carbons (Fsp3) is 0.200. The Hall–Kier alpha value is -2.90. The number of ether oxygens (including phenoxy) is 1. The zero-order chi connectivity index (χ0) is 21.1. The van der Waals surface area contributed by atoms with E-state index in [0.717, 1.165) is 17.0 Å². The minimum absolute atomic E-state index is 0.0940. The molecular formula is C20H18Cl2N4O3. The minimum Gasteiger partial charge on any atom is -0.451 e. The average molecular weight is 433 g/mol. The van der Waals surface area contributed by atoms with Gasteiger partial charge in [-0.3, -0.25) is 4.79 Å². The molecule has 0 atom stereocenters. The second kappa shape index (κ2) is 8.63. The molecule has 1 amide bonds. The van der Waals surface area contributed by atoms with Crippen molar-refractivity contribution in [2.45, 2.75) is 20.8 Å². The van der Waals surface area contributed by atoms with Gasteiger partial charge in [0.1, 0.15) is 0 Å². The Morgan fingerprint density at radius 2 is 1.86 bits per heavy atom. The molecule has 1 N–H and O–H groups in total. The molecule has 0 radical (unpaired) electrons. The quantitative estimate of drug-likeness (QED) is 0.607. The van der Waals surface area contributed by atoms with Crippen molar-refractivity contribution in [3.8, 4) is 5.82 Å². The number of benzene rings is 1. The Labute approximate surface area is 177 Å². The number of aromatic nitrogens is 3. The van der Waals surface area contributed by atoms with Crippen molar-refractivity contribution in [2.24, 2.45) is 0 Å². The van der Waals surface area contributed by atoms with Gasteiger partial charge in [0.2, 0.25) is 0 Å². The van der Waals surface area contributed by atoms with Crippen LogP contribution in [0.2, 0.25) is 10.0 Å². The number of amides is 1. The van der Waals surface area contributed by atoms with Crippen molar-refractivity contribution in [1.82, 2.24) is 14.8 Å². The summed E-state index contributed by atoms with van der Waals surface area (Å²) in [6.07, 6.45) is 0. The molecule has 0 fully saturated rings. The maximum Gasteiger partial charge on any atom is 0.359 e. The van der Waals surface area contributed by atoms with Crippen LogP contribution < -0.4 is 5.32 Å². The van der Waals surface area contributed by atoms with Gasteiger partial charge in [-0.2, -0.15) is 5.10 Å². The molecule has 3 rings (SSSR count). The molecule has 150 valence electrons. The highest BCUT2D eigenvalue weighted by Gasteiger charge is 2.18. The summed E-state index contributed by atoms with van der Waals surface area (Å²) in [5.74, 6) is -0.892. The summed E-state index contributed by atoms with van der Waals surface area (Å²) in [4.78, 5) is 28.8. The third-order valence-electron chi connectivity index (χ3n) is 4.13. The molecule has 29 heavy (non-hydrogen) atoms. The molecule has 1 aromatic carbocycles. The maximum atomic E-state index is 12.4. The maximum absolute atomic E-state index is 12.4. The highest BCUT2D eigenvalue weighted by molar-refractivity contribution is 6.33. The second-order valence-electron chi connectivity index (χ2n) is 6.38. The molecule has 0 saturated carbocycles. The first-order valence-corrected chi connectivity index (χ1v) is 9.44. The lowest BCUT2D eigenvalue weighted by Crippen LogP contribution is -2.22. The molecular weight excluding hydrogens is 415 g/mol. The van der Waals surface area contributed by atoms with Crippen LogP contribution in [0.25, 0.3) is 5.82 Å². The van der Waals surface area contributed by atoms with E-state index in [4.69, 9.17) is 27.9 Å². The number of rotatable bonds is 5. The predicted octanol–water partition coefficient (Wildman–Crippen LogP) is 4.29. The summed E-state index contributed by atoms with van der Waals surface area (Å²) >= 11 is 12.1. The Bertz CT molecular complexity index is 1100. The number of carbonyl (C=O) groups excluding carboxylic acids is 2. The van der Waals surface area contributed by atoms with Crippen molar-refractivity contribution in [2.75, 3.05) is 11.9 Å². The van der Waals surface area contributed by atoms with Crippen molar-refractivity contribution >= 4 is 40.8 Å². The number of carbonyl (C=O) groups is 2. The Morgan fingerprint density at radius 3 is 2.55 bits per heavy atom. The Morgan fingerprint density at radius 1 is 1.10 bits per heavy atom. The van der Waals surface area contributed by atoms with E-state index in [0.29, 0.717) is 16.5 Å². The predicted molar refractivity (Wildman–Crippen MR) is 111 cm³/mol. The summed E-state index contributed by atoms with van der Waals surface area (Å²) in [6, 6.07) is 10.2. The van der Waals surface area contributed by atoms with Gasteiger partial charge >= 0.3 is 5.97 Å².